The summed E-state index contributed by atoms with van der Waals surface area (Å²) in [4.78, 5) is 14.8. The van der Waals surface area contributed by atoms with Gasteiger partial charge in [-0.1, -0.05) is 19.3 Å². The van der Waals surface area contributed by atoms with Crippen LogP contribution in [-0.4, -0.2) is 26.3 Å². The van der Waals surface area contributed by atoms with Crippen molar-refractivity contribution in [3.63, 3.8) is 0 Å². The molecule has 1 aliphatic rings. The van der Waals surface area contributed by atoms with Gasteiger partial charge in [-0.15, -0.1) is 5.10 Å². The van der Waals surface area contributed by atoms with Gasteiger partial charge in [0, 0.05) is 5.92 Å². The fraction of sp³-hybridized carbons (Fsp3) is 0.636. The molecule has 1 saturated carbocycles. The summed E-state index contributed by atoms with van der Waals surface area (Å²) in [5.41, 5.74) is 0.908. The summed E-state index contributed by atoms with van der Waals surface area (Å²) < 4.78 is 0. The van der Waals surface area contributed by atoms with Crippen LogP contribution in [0.15, 0.2) is 6.20 Å². The average Bonchev–Trinajstić information content (AvgIpc) is 2.30. The van der Waals surface area contributed by atoms with Crippen LogP contribution in [0.5, 0.6) is 0 Å². The van der Waals surface area contributed by atoms with Crippen LogP contribution in [-0.2, 0) is 11.2 Å². The highest BCUT2D eigenvalue weighted by Crippen LogP contribution is 2.30. The second-order valence-corrected chi connectivity index (χ2v) is 4.20. The van der Waals surface area contributed by atoms with Crippen molar-refractivity contribution in [2.24, 2.45) is 0 Å². The summed E-state index contributed by atoms with van der Waals surface area (Å²) in [7, 11) is 0. The van der Waals surface area contributed by atoms with Gasteiger partial charge in [-0.05, 0) is 12.8 Å². The van der Waals surface area contributed by atoms with Crippen molar-refractivity contribution < 1.29 is 9.90 Å². The highest BCUT2D eigenvalue weighted by Gasteiger charge is 2.18. The number of hydrogen-bond donors (Lipinski definition) is 1. The fourth-order valence-corrected chi connectivity index (χ4v) is 2.16. The van der Waals surface area contributed by atoms with E-state index in [2.05, 4.69) is 15.2 Å². The van der Waals surface area contributed by atoms with Crippen molar-refractivity contribution in [2.45, 2.75) is 44.4 Å². The van der Waals surface area contributed by atoms with Crippen LogP contribution in [0.3, 0.4) is 0 Å². The molecule has 0 aromatic carbocycles. The maximum absolute atomic E-state index is 10.5. The Morgan fingerprint density at radius 3 is 2.81 bits per heavy atom. The monoisotopic (exact) mass is 221 g/mol. The first kappa shape index (κ1) is 11.0. The maximum atomic E-state index is 10.5. The summed E-state index contributed by atoms with van der Waals surface area (Å²) in [5.74, 6) is -0.157. The van der Waals surface area contributed by atoms with Crippen LogP contribution in [0.25, 0.3) is 0 Å². The smallest absolute Gasteiger partial charge is 0.311 e. The molecule has 0 saturated heterocycles. The lowest BCUT2D eigenvalue weighted by molar-refractivity contribution is -0.136. The molecule has 1 aromatic heterocycles. The Labute approximate surface area is 93.9 Å². The van der Waals surface area contributed by atoms with Crippen LogP contribution in [0.2, 0.25) is 0 Å². The Morgan fingerprint density at radius 1 is 1.38 bits per heavy atom. The molecule has 0 atom stereocenters. The fourth-order valence-electron chi connectivity index (χ4n) is 2.16. The van der Waals surface area contributed by atoms with Gasteiger partial charge in [-0.25, -0.2) is 4.98 Å². The zero-order valence-electron chi connectivity index (χ0n) is 9.09. The van der Waals surface area contributed by atoms with Crippen molar-refractivity contribution in [1.29, 1.82) is 0 Å². The van der Waals surface area contributed by atoms with E-state index in [0.717, 1.165) is 18.5 Å². The Bertz CT molecular complexity index is 375. The average molecular weight is 221 g/mol. The van der Waals surface area contributed by atoms with E-state index in [-0.39, 0.29) is 6.42 Å². The van der Waals surface area contributed by atoms with Crippen LogP contribution in [0, 0.1) is 0 Å². The first-order chi connectivity index (χ1) is 7.75. The standard InChI is InChI=1S/C11H15N3O2/c15-11(16)6-10-13-9(7-12-14-10)8-4-2-1-3-5-8/h7-8H,1-6H2,(H,15,16). The van der Waals surface area contributed by atoms with E-state index >= 15 is 0 Å². The second kappa shape index (κ2) is 5.01. The Morgan fingerprint density at radius 2 is 2.12 bits per heavy atom. The number of aliphatic carboxylic acids is 1. The third kappa shape index (κ3) is 2.74. The zero-order valence-corrected chi connectivity index (χ0v) is 9.09. The number of rotatable bonds is 3. The van der Waals surface area contributed by atoms with Crippen molar-refractivity contribution in [3.8, 4) is 0 Å². The highest BCUT2D eigenvalue weighted by atomic mass is 16.4. The molecule has 0 spiro atoms. The number of carbonyl (C=O) groups is 1. The van der Waals surface area contributed by atoms with Crippen LogP contribution < -0.4 is 0 Å². The first-order valence-corrected chi connectivity index (χ1v) is 5.66. The molecule has 0 amide bonds. The molecule has 86 valence electrons. The summed E-state index contributed by atoms with van der Waals surface area (Å²) in [5, 5.41) is 16.2. The van der Waals surface area contributed by atoms with Crippen molar-refractivity contribution in [3.05, 3.63) is 17.7 Å². The van der Waals surface area contributed by atoms with Gasteiger partial charge in [-0.2, -0.15) is 5.10 Å². The normalized spacial score (nSPS) is 17.2. The van der Waals surface area contributed by atoms with Crippen molar-refractivity contribution in [2.75, 3.05) is 0 Å². The lowest BCUT2D eigenvalue weighted by atomic mass is 9.87. The molecule has 1 aromatic rings. The van der Waals surface area contributed by atoms with E-state index in [4.69, 9.17) is 5.11 Å². The quantitative estimate of drug-likeness (QED) is 0.837. The largest absolute Gasteiger partial charge is 0.481 e. The number of carboxylic acid groups (broad SMARTS) is 1. The van der Waals surface area contributed by atoms with Gasteiger partial charge in [0.2, 0.25) is 0 Å². The summed E-state index contributed by atoms with van der Waals surface area (Å²) in [6, 6.07) is 0. The van der Waals surface area contributed by atoms with Gasteiger partial charge in [-0.3, -0.25) is 4.79 Å². The number of carboxylic acids is 1. The number of nitrogens with zero attached hydrogens (tertiary/aromatic N) is 3. The summed E-state index contributed by atoms with van der Waals surface area (Å²) in [6.07, 6.45) is 7.52. The summed E-state index contributed by atoms with van der Waals surface area (Å²) >= 11 is 0. The molecule has 0 bridgehead atoms. The van der Waals surface area contributed by atoms with E-state index < -0.39 is 5.97 Å². The van der Waals surface area contributed by atoms with Gasteiger partial charge in [0.25, 0.3) is 0 Å². The lowest BCUT2D eigenvalue weighted by Gasteiger charge is -2.20. The van der Waals surface area contributed by atoms with Crippen LogP contribution in [0.1, 0.15) is 49.5 Å². The van der Waals surface area contributed by atoms with Gasteiger partial charge in [0.15, 0.2) is 5.82 Å². The van der Waals surface area contributed by atoms with Gasteiger partial charge < -0.3 is 5.11 Å². The zero-order chi connectivity index (χ0) is 11.4. The predicted octanol–water partition coefficient (Wildman–Crippen LogP) is 1.55. The maximum Gasteiger partial charge on any atom is 0.311 e. The highest BCUT2D eigenvalue weighted by molar-refractivity contribution is 5.68. The van der Waals surface area contributed by atoms with Crippen molar-refractivity contribution in [1.82, 2.24) is 15.2 Å². The molecule has 2 rings (SSSR count). The molecule has 0 unspecified atom stereocenters. The van der Waals surface area contributed by atoms with Crippen LogP contribution in [0.4, 0.5) is 0 Å². The molecule has 1 N–H and O–H groups in total. The van der Waals surface area contributed by atoms with E-state index in [1.807, 2.05) is 0 Å². The Kier molecular flexibility index (Phi) is 3.44. The minimum absolute atomic E-state index is 0.145. The Hall–Kier alpha value is -1.52. The molecule has 1 heterocycles. The molecular weight excluding hydrogens is 206 g/mol. The molecule has 5 nitrogen and oxygen atoms in total. The lowest BCUT2D eigenvalue weighted by Crippen LogP contribution is -2.12. The summed E-state index contributed by atoms with van der Waals surface area (Å²) in [6.45, 7) is 0. The molecule has 1 aliphatic carbocycles. The molecular formula is C11H15N3O2. The minimum atomic E-state index is -0.914. The molecule has 16 heavy (non-hydrogen) atoms. The molecule has 5 heteroatoms. The minimum Gasteiger partial charge on any atom is -0.481 e. The van der Waals surface area contributed by atoms with Crippen LogP contribution >= 0.6 is 0 Å². The molecule has 0 radical (unpaired) electrons. The molecule has 1 fully saturated rings. The van der Waals surface area contributed by atoms with E-state index in [1.54, 1.807) is 6.20 Å². The van der Waals surface area contributed by atoms with Crippen molar-refractivity contribution >= 4 is 5.97 Å². The first-order valence-electron chi connectivity index (χ1n) is 5.66. The van der Waals surface area contributed by atoms with E-state index in [9.17, 15) is 4.79 Å². The third-order valence-corrected chi connectivity index (χ3v) is 2.95. The van der Waals surface area contributed by atoms with E-state index in [1.165, 1.54) is 19.3 Å². The topological polar surface area (TPSA) is 76.0 Å². The molecule has 0 aliphatic heterocycles. The number of aromatic nitrogens is 3. The van der Waals surface area contributed by atoms with Gasteiger partial charge >= 0.3 is 5.97 Å². The third-order valence-electron chi connectivity index (χ3n) is 2.95. The predicted molar refractivity (Wildman–Crippen MR) is 57.0 cm³/mol. The second-order valence-electron chi connectivity index (χ2n) is 4.20. The van der Waals surface area contributed by atoms with Gasteiger partial charge in [0.05, 0.1) is 11.9 Å². The van der Waals surface area contributed by atoms with Gasteiger partial charge in [0.1, 0.15) is 6.42 Å². The Balaban J connectivity index is 2.11. The number of hydrogen-bond acceptors (Lipinski definition) is 4. The van der Waals surface area contributed by atoms with E-state index in [0.29, 0.717) is 11.7 Å². The SMILES string of the molecule is O=C(O)Cc1nncc(C2CCCCC2)n1.